The maximum Gasteiger partial charge on any atom is 0.0547 e. The van der Waals surface area contributed by atoms with Crippen LogP contribution in [0.15, 0.2) is 206 Å². The first kappa shape index (κ1) is 31.8. The average Bonchev–Trinajstić information content (AvgIpc) is 3.79. The Morgan fingerprint density at radius 3 is 1.64 bits per heavy atom. The van der Waals surface area contributed by atoms with Crippen molar-refractivity contribution in [2.45, 2.75) is 0 Å². The maximum atomic E-state index is 2.40. The standard InChI is InChI=1S/C52H34N2Se/c1-2-12-41(13-3-1)54-49-16-8-6-14-45(49)46-30-23-39(33-50(46)54)36-18-25-42(26-19-36)53(44-29-22-35-10-4-5-11-38(35)32-44)43-27-20-37(21-28-43)40-24-31-48-47-15-7-9-17-51(47)55-52(48)34-40/h1-34H. The zero-order valence-corrected chi connectivity index (χ0v) is 31.6. The van der Waals surface area contributed by atoms with Crippen LogP contribution in [0.2, 0.25) is 0 Å². The largest absolute Gasteiger partial charge is 0.0602 e. The van der Waals surface area contributed by atoms with Crippen LogP contribution in [0, 0.1) is 0 Å². The molecule has 3 heteroatoms. The van der Waals surface area contributed by atoms with E-state index in [9.17, 15) is 0 Å². The molecule has 0 atom stereocenters. The zero-order chi connectivity index (χ0) is 36.3. The number of hydrogen-bond donors (Lipinski definition) is 0. The molecule has 0 aliphatic rings. The molecule has 0 saturated carbocycles. The van der Waals surface area contributed by atoms with E-state index in [2.05, 4.69) is 216 Å². The van der Waals surface area contributed by atoms with Gasteiger partial charge in [0.2, 0.25) is 0 Å². The van der Waals surface area contributed by atoms with Crippen molar-refractivity contribution in [2.75, 3.05) is 4.90 Å². The SMILES string of the molecule is c1ccc(-n2c3ccccc3c3ccc(-c4ccc(N(c5ccc(-c6ccc7c(c6)[se]c6ccccc67)cc5)c5ccc6ccccc6c5)cc4)cc32)cc1. The third kappa shape index (κ3) is 5.48. The predicted octanol–water partition coefficient (Wildman–Crippen LogP) is 14.1. The number of aromatic nitrogens is 1. The van der Waals surface area contributed by atoms with Gasteiger partial charge in [-0.15, -0.1) is 0 Å². The van der Waals surface area contributed by atoms with Crippen LogP contribution in [0.4, 0.5) is 17.1 Å². The number of nitrogens with zero attached hydrogens (tertiary/aromatic N) is 2. The second-order valence-corrected chi connectivity index (χ2v) is 16.5. The summed E-state index contributed by atoms with van der Waals surface area (Å²) in [4.78, 5) is 2.37. The summed E-state index contributed by atoms with van der Waals surface area (Å²) in [6.45, 7) is 0. The molecule has 0 N–H and O–H groups in total. The van der Waals surface area contributed by atoms with Gasteiger partial charge in [0.1, 0.15) is 0 Å². The molecule has 0 bridgehead atoms. The molecule has 0 aliphatic heterocycles. The molecule has 11 aromatic rings. The summed E-state index contributed by atoms with van der Waals surface area (Å²) < 4.78 is 5.33. The number of para-hydroxylation sites is 2. The Labute approximate surface area is 325 Å². The van der Waals surface area contributed by atoms with E-state index in [0.717, 1.165) is 17.1 Å². The molecule has 0 spiro atoms. The Hall–Kier alpha value is -6.64. The fraction of sp³-hybridized carbons (Fsp3) is 0. The van der Waals surface area contributed by atoms with Crippen LogP contribution in [0.5, 0.6) is 0 Å². The summed E-state index contributed by atoms with van der Waals surface area (Å²) in [7, 11) is 0. The van der Waals surface area contributed by atoms with Gasteiger partial charge in [-0.3, -0.25) is 0 Å². The molecule has 2 heterocycles. The molecule has 0 amide bonds. The first-order chi connectivity index (χ1) is 27.2. The topological polar surface area (TPSA) is 8.17 Å². The summed E-state index contributed by atoms with van der Waals surface area (Å²) in [6, 6.07) is 75.6. The number of fused-ring (bicyclic) bond motifs is 7. The molecular formula is C52H34N2Se. The van der Waals surface area contributed by atoms with Crippen LogP contribution in [-0.2, 0) is 0 Å². The number of rotatable bonds is 6. The van der Waals surface area contributed by atoms with Crippen LogP contribution in [0.25, 0.3) is 79.8 Å². The molecule has 9 aromatic carbocycles. The minimum atomic E-state index is 0.340. The smallest absolute Gasteiger partial charge is 0.0547 e. The number of hydrogen-bond acceptors (Lipinski definition) is 1. The summed E-state index contributed by atoms with van der Waals surface area (Å²) in [5.41, 5.74) is 11.8. The van der Waals surface area contributed by atoms with Crippen molar-refractivity contribution in [3.8, 4) is 27.9 Å². The van der Waals surface area contributed by atoms with E-state index >= 15 is 0 Å². The van der Waals surface area contributed by atoms with Crippen LogP contribution in [-0.4, -0.2) is 19.1 Å². The van der Waals surface area contributed by atoms with E-state index in [0.29, 0.717) is 14.5 Å². The van der Waals surface area contributed by atoms with Crippen molar-refractivity contribution in [3.63, 3.8) is 0 Å². The predicted molar refractivity (Wildman–Crippen MR) is 236 cm³/mol. The van der Waals surface area contributed by atoms with Crippen LogP contribution < -0.4 is 4.90 Å². The third-order valence-corrected chi connectivity index (χ3v) is 13.4. The van der Waals surface area contributed by atoms with Crippen molar-refractivity contribution in [2.24, 2.45) is 0 Å². The fourth-order valence-electron chi connectivity index (χ4n) is 8.28. The van der Waals surface area contributed by atoms with Crippen molar-refractivity contribution >= 4 is 83.4 Å². The Morgan fingerprint density at radius 1 is 0.327 bits per heavy atom. The molecule has 0 aliphatic carbocycles. The molecule has 0 unspecified atom stereocenters. The van der Waals surface area contributed by atoms with Gasteiger partial charge in [-0.25, -0.2) is 0 Å². The molecule has 0 fully saturated rings. The van der Waals surface area contributed by atoms with Crippen molar-refractivity contribution < 1.29 is 0 Å². The number of benzene rings is 9. The molecule has 0 radical (unpaired) electrons. The zero-order valence-electron chi connectivity index (χ0n) is 29.9. The van der Waals surface area contributed by atoms with E-state index < -0.39 is 0 Å². The van der Waals surface area contributed by atoms with Gasteiger partial charge >= 0.3 is 198 Å². The molecular weight excluding hydrogens is 732 g/mol. The molecule has 2 nitrogen and oxygen atoms in total. The van der Waals surface area contributed by atoms with Gasteiger partial charge in [0, 0.05) is 16.5 Å². The van der Waals surface area contributed by atoms with Gasteiger partial charge in [-0.05, 0) is 29.8 Å². The monoisotopic (exact) mass is 766 g/mol. The first-order valence-electron chi connectivity index (χ1n) is 18.7. The summed E-state index contributed by atoms with van der Waals surface area (Å²) in [6.07, 6.45) is 0. The van der Waals surface area contributed by atoms with Gasteiger partial charge in [0.15, 0.2) is 0 Å². The quantitative estimate of drug-likeness (QED) is 0.153. The summed E-state index contributed by atoms with van der Waals surface area (Å²) >= 11 is 0.340. The molecule has 258 valence electrons. The first-order valence-corrected chi connectivity index (χ1v) is 20.5. The minimum Gasteiger partial charge on any atom is -0.0602 e. The van der Waals surface area contributed by atoms with Gasteiger partial charge in [-0.1, -0.05) is 66.7 Å². The molecule has 0 saturated heterocycles. The fourth-order valence-corrected chi connectivity index (χ4v) is 10.7. The summed E-state index contributed by atoms with van der Waals surface area (Å²) in [5.74, 6) is 0. The van der Waals surface area contributed by atoms with E-state index in [1.165, 1.54) is 79.8 Å². The van der Waals surface area contributed by atoms with Crippen LogP contribution >= 0.6 is 0 Å². The second kappa shape index (κ2) is 13.0. The molecule has 11 rings (SSSR count). The number of anilines is 3. The minimum absolute atomic E-state index is 0.340. The van der Waals surface area contributed by atoms with E-state index in [1.807, 2.05) is 0 Å². The Morgan fingerprint density at radius 2 is 0.873 bits per heavy atom. The maximum absolute atomic E-state index is 2.40. The second-order valence-electron chi connectivity index (χ2n) is 14.2. The van der Waals surface area contributed by atoms with Crippen molar-refractivity contribution in [3.05, 3.63) is 206 Å². The summed E-state index contributed by atoms with van der Waals surface area (Å²) in [5, 5.41) is 7.77. The van der Waals surface area contributed by atoms with E-state index in [-0.39, 0.29) is 0 Å². The average molecular weight is 766 g/mol. The van der Waals surface area contributed by atoms with Gasteiger partial charge in [-0.2, -0.15) is 0 Å². The normalized spacial score (nSPS) is 11.6. The Balaban J connectivity index is 0.986. The third-order valence-electron chi connectivity index (χ3n) is 11.0. The van der Waals surface area contributed by atoms with Gasteiger partial charge in [0.05, 0.1) is 11.0 Å². The van der Waals surface area contributed by atoms with Crippen molar-refractivity contribution in [1.29, 1.82) is 0 Å². The Kier molecular flexibility index (Phi) is 7.55. The van der Waals surface area contributed by atoms with Gasteiger partial charge < -0.3 is 4.57 Å². The van der Waals surface area contributed by atoms with Crippen molar-refractivity contribution in [1.82, 2.24) is 4.57 Å². The van der Waals surface area contributed by atoms with E-state index in [1.54, 1.807) is 0 Å². The van der Waals surface area contributed by atoms with Crippen LogP contribution in [0.1, 0.15) is 0 Å². The van der Waals surface area contributed by atoms with Gasteiger partial charge in [0.25, 0.3) is 0 Å². The molecule has 55 heavy (non-hydrogen) atoms. The van der Waals surface area contributed by atoms with E-state index in [4.69, 9.17) is 0 Å². The Bertz CT molecular complexity index is 3190. The molecule has 2 aromatic heterocycles. The van der Waals surface area contributed by atoms with Crippen LogP contribution in [0.3, 0.4) is 0 Å².